The first kappa shape index (κ1) is 10.6. The molecule has 0 bridgehead atoms. The zero-order valence-corrected chi connectivity index (χ0v) is 9.78. The molecule has 5 nitrogen and oxygen atoms in total. The summed E-state index contributed by atoms with van der Waals surface area (Å²) < 4.78 is 7.13. The lowest BCUT2D eigenvalue weighted by molar-refractivity contribution is 0.151. The fourth-order valence-corrected chi connectivity index (χ4v) is 1.72. The van der Waals surface area contributed by atoms with E-state index >= 15 is 0 Å². The van der Waals surface area contributed by atoms with Gasteiger partial charge in [0.15, 0.2) is 0 Å². The molecule has 0 fully saturated rings. The standard InChI is InChI=1S/C13H11N3O2/c1-17-16-11-7-3-2-6-10(11)15-13(16)18-12-8-4-5-9-14-12/h2-9H,1H3. The summed E-state index contributed by atoms with van der Waals surface area (Å²) in [4.78, 5) is 13.7. The minimum Gasteiger partial charge on any atom is -0.412 e. The molecule has 0 atom stereocenters. The molecule has 90 valence electrons. The molecule has 0 spiro atoms. The lowest BCUT2D eigenvalue weighted by Crippen LogP contribution is -2.07. The molecule has 3 aromatic rings. The van der Waals surface area contributed by atoms with Gasteiger partial charge in [-0.05, 0) is 18.2 Å². The van der Waals surface area contributed by atoms with Crippen LogP contribution in [0.25, 0.3) is 11.0 Å². The average molecular weight is 241 g/mol. The average Bonchev–Trinajstić information content (AvgIpc) is 2.77. The highest BCUT2D eigenvalue weighted by Crippen LogP contribution is 2.23. The summed E-state index contributed by atoms with van der Waals surface area (Å²) in [5.74, 6) is 0.478. The number of pyridine rings is 1. The Morgan fingerprint density at radius 2 is 1.89 bits per heavy atom. The van der Waals surface area contributed by atoms with Crippen molar-refractivity contribution >= 4 is 11.0 Å². The molecule has 1 aromatic carbocycles. The molecule has 0 aliphatic carbocycles. The molecule has 0 amide bonds. The molecule has 3 rings (SSSR count). The first-order valence-electron chi connectivity index (χ1n) is 5.49. The Hall–Kier alpha value is -2.56. The summed E-state index contributed by atoms with van der Waals surface area (Å²) in [7, 11) is 1.57. The number of rotatable bonds is 3. The van der Waals surface area contributed by atoms with Gasteiger partial charge in [0.1, 0.15) is 12.6 Å². The third-order valence-electron chi connectivity index (χ3n) is 2.51. The Morgan fingerprint density at radius 3 is 2.67 bits per heavy atom. The minimum atomic E-state index is 0.359. The molecule has 0 aliphatic rings. The zero-order chi connectivity index (χ0) is 12.4. The van der Waals surface area contributed by atoms with Gasteiger partial charge in [-0.2, -0.15) is 4.98 Å². The van der Waals surface area contributed by atoms with Crippen LogP contribution in [0.3, 0.4) is 0 Å². The van der Waals surface area contributed by atoms with Crippen molar-refractivity contribution in [1.82, 2.24) is 14.7 Å². The van der Waals surface area contributed by atoms with Crippen LogP contribution in [-0.2, 0) is 0 Å². The summed E-state index contributed by atoms with van der Waals surface area (Å²) in [5, 5.41) is 0. The maximum atomic E-state index is 5.60. The van der Waals surface area contributed by atoms with Crippen LogP contribution in [0.2, 0.25) is 0 Å². The van der Waals surface area contributed by atoms with Crippen molar-refractivity contribution in [2.24, 2.45) is 0 Å². The number of hydrogen-bond donors (Lipinski definition) is 0. The molecule has 0 radical (unpaired) electrons. The summed E-state index contributed by atoms with van der Waals surface area (Å²) >= 11 is 0. The van der Waals surface area contributed by atoms with Crippen LogP contribution in [0.15, 0.2) is 48.7 Å². The van der Waals surface area contributed by atoms with Crippen LogP contribution >= 0.6 is 0 Å². The van der Waals surface area contributed by atoms with E-state index in [0.29, 0.717) is 11.9 Å². The van der Waals surface area contributed by atoms with Crippen molar-refractivity contribution in [3.63, 3.8) is 0 Å². The molecular formula is C13H11N3O2. The Kier molecular flexibility index (Phi) is 2.57. The Balaban J connectivity index is 2.06. The SMILES string of the molecule is COn1c(Oc2ccccn2)nc2ccccc21. The predicted molar refractivity (Wildman–Crippen MR) is 66.5 cm³/mol. The van der Waals surface area contributed by atoms with Crippen molar-refractivity contribution in [3.8, 4) is 11.9 Å². The van der Waals surface area contributed by atoms with E-state index in [-0.39, 0.29) is 0 Å². The number of hydrogen-bond acceptors (Lipinski definition) is 4. The predicted octanol–water partition coefficient (Wildman–Crippen LogP) is 2.28. The van der Waals surface area contributed by atoms with E-state index in [1.54, 1.807) is 19.4 Å². The Morgan fingerprint density at radius 1 is 1.06 bits per heavy atom. The molecule has 5 heteroatoms. The lowest BCUT2D eigenvalue weighted by Gasteiger charge is -2.06. The molecular weight excluding hydrogens is 230 g/mol. The van der Waals surface area contributed by atoms with Crippen molar-refractivity contribution in [3.05, 3.63) is 48.7 Å². The van der Waals surface area contributed by atoms with E-state index in [1.807, 2.05) is 36.4 Å². The van der Waals surface area contributed by atoms with E-state index in [1.165, 1.54) is 4.73 Å². The van der Waals surface area contributed by atoms with Crippen molar-refractivity contribution in [2.45, 2.75) is 0 Å². The van der Waals surface area contributed by atoms with Crippen molar-refractivity contribution < 1.29 is 9.57 Å². The van der Waals surface area contributed by atoms with Gasteiger partial charge < -0.3 is 9.57 Å². The second-order valence-electron chi connectivity index (χ2n) is 3.63. The summed E-state index contributed by atoms with van der Waals surface area (Å²) in [5.41, 5.74) is 1.66. The van der Waals surface area contributed by atoms with Gasteiger partial charge in [-0.1, -0.05) is 18.2 Å². The third kappa shape index (κ3) is 1.75. The quantitative estimate of drug-likeness (QED) is 0.705. The van der Waals surface area contributed by atoms with Crippen LogP contribution in [0, 0.1) is 0 Å². The Labute approximate surface area is 104 Å². The number of fused-ring (bicyclic) bond motifs is 1. The van der Waals surface area contributed by atoms with Gasteiger partial charge in [0.05, 0.1) is 5.52 Å². The fraction of sp³-hybridized carbons (Fsp3) is 0.0769. The fourth-order valence-electron chi connectivity index (χ4n) is 1.72. The van der Waals surface area contributed by atoms with E-state index in [2.05, 4.69) is 9.97 Å². The zero-order valence-electron chi connectivity index (χ0n) is 9.78. The van der Waals surface area contributed by atoms with Crippen LogP contribution in [0.5, 0.6) is 11.9 Å². The van der Waals surface area contributed by atoms with E-state index < -0.39 is 0 Å². The first-order valence-corrected chi connectivity index (χ1v) is 5.49. The highest BCUT2D eigenvalue weighted by atomic mass is 16.7. The maximum Gasteiger partial charge on any atom is 0.338 e. The van der Waals surface area contributed by atoms with Gasteiger partial charge in [0.25, 0.3) is 0 Å². The number of ether oxygens (including phenoxy) is 1. The van der Waals surface area contributed by atoms with Crippen LogP contribution in [0.1, 0.15) is 0 Å². The summed E-state index contributed by atoms with van der Waals surface area (Å²) in [6, 6.07) is 13.4. The number of imidazole rings is 1. The molecule has 2 aromatic heterocycles. The molecule has 0 unspecified atom stereocenters. The van der Waals surface area contributed by atoms with Gasteiger partial charge in [0.2, 0.25) is 5.88 Å². The second kappa shape index (κ2) is 4.37. The highest BCUT2D eigenvalue weighted by molar-refractivity contribution is 5.76. The van der Waals surface area contributed by atoms with Gasteiger partial charge in [-0.3, -0.25) is 0 Å². The molecule has 0 saturated carbocycles. The number of benzene rings is 1. The van der Waals surface area contributed by atoms with Gasteiger partial charge >= 0.3 is 6.01 Å². The summed E-state index contributed by atoms with van der Waals surface area (Å²) in [6.07, 6.45) is 1.66. The number of para-hydroxylation sites is 2. The largest absolute Gasteiger partial charge is 0.412 e. The summed E-state index contributed by atoms with van der Waals surface area (Å²) in [6.45, 7) is 0. The lowest BCUT2D eigenvalue weighted by atomic mass is 10.3. The minimum absolute atomic E-state index is 0.359. The monoisotopic (exact) mass is 241 g/mol. The normalized spacial score (nSPS) is 10.5. The van der Waals surface area contributed by atoms with Crippen LogP contribution in [-0.4, -0.2) is 21.8 Å². The second-order valence-corrected chi connectivity index (χ2v) is 3.63. The first-order chi connectivity index (χ1) is 8.88. The third-order valence-corrected chi connectivity index (χ3v) is 2.51. The maximum absolute atomic E-state index is 5.60. The highest BCUT2D eigenvalue weighted by Gasteiger charge is 2.12. The molecule has 0 N–H and O–H groups in total. The van der Waals surface area contributed by atoms with Crippen LogP contribution < -0.4 is 9.57 Å². The van der Waals surface area contributed by atoms with E-state index in [9.17, 15) is 0 Å². The van der Waals surface area contributed by atoms with Gasteiger partial charge in [-0.15, -0.1) is 4.73 Å². The number of nitrogens with zero attached hydrogens (tertiary/aromatic N) is 3. The number of aromatic nitrogens is 3. The van der Waals surface area contributed by atoms with E-state index in [0.717, 1.165) is 11.0 Å². The topological polar surface area (TPSA) is 49.2 Å². The van der Waals surface area contributed by atoms with Crippen molar-refractivity contribution in [2.75, 3.05) is 7.11 Å². The van der Waals surface area contributed by atoms with E-state index in [4.69, 9.17) is 9.57 Å². The van der Waals surface area contributed by atoms with Gasteiger partial charge in [-0.25, -0.2) is 4.98 Å². The molecule has 2 heterocycles. The van der Waals surface area contributed by atoms with Crippen molar-refractivity contribution in [1.29, 1.82) is 0 Å². The molecule has 18 heavy (non-hydrogen) atoms. The molecule has 0 saturated heterocycles. The Bertz CT molecular complexity index is 664. The smallest absolute Gasteiger partial charge is 0.338 e. The van der Waals surface area contributed by atoms with Crippen LogP contribution in [0.4, 0.5) is 0 Å². The molecule has 0 aliphatic heterocycles. The van der Waals surface area contributed by atoms with Gasteiger partial charge in [0, 0.05) is 12.3 Å².